The van der Waals surface area contributed by atoms with Crippen LogP contribution in [0.1, 0.15) is 40.0 Å². The van der Waals surface area contributed by atoms with Gasteiger partial charge in [-0.2, -0.15) is 0 Å². The highest BCUT2D eigenvalue weighted by Crippen LogP contribution is 2.17. The van der Waals surface area contributed by atoms with E-state index in [-0.39, 0.29) is 29.8 Å². The third-order valence-electron chi connectivity index (χ3n) is 2.94. The number of nitrogens with one attached hydrogen (secondary N) is 1. The van der Waals surface area contributed by atoms with Gasteiger partial charge in [-0.3, -0.25) is 9.59 Å². The fourth-order valence-electron chi connectivity index (χ4n) is 2.07. The average Bonchev–Trinajstić information content (AvgIpc) is 2.23. The van der Waals surface area contributed by atoms with Crippen molar-refractivity contribution < 1.29 is 9.59 Å². The van der Waals surface area contributed by atoms with E-state index in [9.17, 15) is 9.59 Å². The number of rotatable bonds is 3. The van der Waals surface area contributed by atoms with Gasteiger partial charge >= 0.3 is 0 Å². The number of piperidine rings is 1. The Bertz CT molecular complexity index is 310. The van der Waals surface area contributed by atoms with Gasteiger partial charge in [0.25, 0.3) is 0 Å². The molecule has 3 N–H and O–H groups in total. The maximum Gasteiger partial charge on any atom is 0.242 e. The van der Waals surface area contributed by atoms with E-state index in [0.29, 0.717) is 13.0 Å². The maximum atomic E-state index is 11.9. The molecular formula is C13H25N3O2. The average molecular weight is 255 g/mol. The zero-order valence-electron chi connectivity index (χ0n) is 11.7. The quantitative estimate of drug-likeness (QED) is 0.770. The Morgan fingerprint density at radius 2 is 2.06 bits per heavy atom. The largest absolute Gasteiger partial charge is 0.347 e. The van der Waals surface area contributed by atoms with Gasteiger partial charge in [0.2, 0.25) is 11.8 Å². The molecule has 1 saturated heterocycles. The summed E-state index contributed by atoms with van der Waals surface area (Å²) in [5, 5.41) is 2.68. The molecule has 5 heteroatoms. The molecule has 1 heterocycles. The van der Waals surface area contributed by atoms with Crippen molar-refractivity contribution in [2.75, 3.05) is 19.6 Å². The Kier molecular flexibility index (Phi) is 5.14. The van der Waals surface area contributed by atoms with E-state index in [1.807, 2.05) is 20.8 Å². The highest BCUT2D eigenvalue weighted by molar-refractivity contribution is 5.85. The summed E-state index contributed by atoms with van der Waals surface area (Å²) in [5.41, 5.74) is 5.77. The minimum atomic E-state index is -0.0721. The highest BCUT2D eigenvalue weighted by Gasteiger charge is 2.22. The van der Waals surface area contributed by atoms with E-state index >= 15 is 0 Å². The highest BCUT2D eigenvalue weighted by atomic mass is 16.2. The predicted molar refractivity (Wildman–Crippen MR) is 70.9 cm³/mol. The Hall–Kier alpha value is -1.10. The van der Waals surface area contributed by atoms with E-state index in [4.69, 9.17) is 5.73 Å². The lowest BCUT2D eigenvalue weighted by molar-refractivity contribution is -0.134. The van der Waals surface area contributed by atoms with Gasteiger partial charge in [0, 0.05) is 25.6 Å². The first-order valence-corrected chi connectivity index (χ1v) is 6.58. The Labute approximate surface area is 109 Å². The van der Waals surface area contributed by atoms with E-state index in [1.165, 1.54) is 0 Å². The molecule has 0 radical (unpaired) electrons. The van der Waals surface area contributed by atoms with Gasteiger partial charge in [-0.15, -0.1) is 0 Å². The molecule has 1 aliphatic rings. The molecule has 1 aliphatic heterocycles. The maximum absolute atomic E-state index is 11.9. The van der Waals surface area contributed by atoms with Crippen LogP contribution in [0.2, 0.25) is 0 Å². The van der Waals surface area contributed by atoms with Gasteiger partial charge in [-0.1, -0.05) is 20.8 Å². The van der Waals surface area contributed by atoms with Crippen LogP contribution in [0.25, 0.3) is 0 Å². The summed E-state index contributed by atoms with van der Waals surface area (Å²) in [4.78, 5) is 25.2. The predicted octanol–water partition coefficient (Wildman–Crippen LogP) is 0.489. The Balaban J connectivity index is 2.30. The molecule has 0 bridgehead atoms. The molecule has 0 aromatic rings. The van der Waals surface area contributed by atoms with Crippen molar-refractivity contribution in [2.24, 2.45) is 11.1 Å². The molecule has 0 aromatic carbocycles. The molecule has 0 spiro atoms. The number of nitrogens with zero attached hydrogens (tertiary/aromatic N) is 1. The lowest BCUT2D eigenvalue weighted by atomic mass is 9.92. The smallest absolute Gasteiger partial charge is 0.242 e. The number of likely N-dealkylation sites (tertiary alicyclic amines) is 1. The molecule has 0 saturated carbocycles. The van der Waals surface area contributed by atoms with Crippen molar-refractivity contribution >= 4 is 11.8 Å². The molecule has 1 fully saturated rings. The fourth-order valence-corrected chi connectivity index (χ4v) is 2.07. The first kappa shape index (κ1) is 15.0. The van der Waals surface area contributed by atoms with Crippen molar-refractivity contribution in [2.45, 2.75) is 46.1 Å². The SMILES string of the molecule is CC(C)(C)CC(=O)NCC(=O)N1CCCC(N)C1. The lowest BCUT2D eigenvalue weighted by Crippen LogP contribution is -2.49. The van der Waals surface area contributed by atoms with Crippen molar-refractivity contribution in [3.63, 3.8) is 0 Å². The number of amides is 2. The van der Waals surface area contributed by atoms with E-state index in [2.05, 4.69) is 5.32 Å². The second-order valence-corrected chi connectivity index (χ2v) is 6.26. The van der Waals surface area contributed by atoms with Crippen molar-refractivity contribution in [1.82, 2.24) is 10.2 Å². The van der Waals surface area contributed by atoms with Crippen molar-refractivity contribution in [3.05, 3.63) is 0 Å². The first-order valence-electron chi connectivity index (χ1n) is 6.58. The number of nitrogens with two attached hydrogens (primary N) is 1. The molecular weight excluding hydrogens is 230 g/mol. The fraction of sp³-hybridized carbons (Fsp3) is 0.846. The summed E-state index contributed by atoms with van der Waals surface area (Å²) in [6, 6.07) is 0.0768. The number of carbonyl (C=O) groups is 2. The van der Waals surface area contributed by atoms with Crippen molar-refractivity contribution in [3.8, 4) is 0 Å². The van der Waals surface area contributed by atoms with Crippen LogP contribution >= 0.6 is 0 Å². The van der Waals surface area contributed by atoms with Crippen LogP contribution in [0.5, 0.6) is 0 Å². The van der Waals surface area contributed by atoms with E-state index < -0.39 is 0 Å². The molecule has 0 aliphatic carbocycles. The molecule has 104 valence electrons. The summed E-state index contributed by atoms with van der Waals surface area (Å²) in [6.07, 6.45) is 2.35. The third-order valence-corrected chi connectivity index (χ3v) is 2.94. The molecule has 1 unspecified atom stereocenters. The molecule has 1 rings (SSSR count). The van der Waals surface area contributed by atoms with Crippen LogP contribution in [0, 0.1) is 5.41 Å². The summed E-state index contributed by atoms with van der Waals surface area (Å²) in [6.45, 7) is 7.44. The second kappa shape index (κ2) is 6.18. The van der Waals surface area contributed by atoms with Crippen LogP contribution in [0.15, 0.2) is 0 Å². The number of hydrogen-bond donors (Lipinski definition) is 2. The normalized spacial score (nSPS) is 20.7. The Morgan fingerprint density at radius 1 is 1.39 bits per heavy atom. The van der Waals surface area contributed by atoms with Crippen molar-refractivity contribution in [1.29, 1.82) is 0 Å². The van der Waals surface area contributed by atoms with Gasteiger partial charge in [0.1, 0.15) is 0 Å². The molecule has 5 nitrogen and oxygen atoms in total. The van der Waals surface area contributed by atoms with Crippen LogP contribution < -0.4 is 11.1 Å². The van der Waals surface area contributed by atoms with Gasteiger partial charge in [0.05, 0.1) is 6.54 Å². The molecule has 0 aromatic heterocycles. The van der Waals surface area contributed by atoms with Crippen LogP contribution in [-0.4, -0.2) is 42.4 Å². The summed E-state index contributed by atoms with van der Waals surface area (Å²) in [7, 11) is 0. The van der Waals surface area contributed by atoms with Gasteiger partial charge in [0.15, 0.2) is 0 Å². The number of hydrogen-bond acceptors (Lipinski definition) is 3. The van der Waals surface area contributed by atoms with Gasteiger partial charge < -0.3 is 16.0 Å². The van der Waals surface area contributed by atoms with Crippen LogP contribution in [0.3, 0.4) is 0 Å². The zero-order chi connectivity index (χ0) is 13.8. The standard InChI is InChI=1S/C13H25N3O2/c1-13(2,3)7-11(17)15-8-12(18)16-6-4-5-10(14)9-16/h10H,4-9,14H2,1-3H3,(H,15,17). The van der Waals surface area contributed by atoms with Gasteiger partial charge in [-0.25, -0.2) is 0 Å². The summed E-state index contributed by atoms with van der Waals surface area (Å²) >= 11 is 0. The third kappa shape index (κ3) is 5.49. The molecule has 2 amide bonds. The second-order valence-electron chi connectivity index (χ2n) is 6.26. The monoisotopic (exact) mass is 255 g/mol. The van der Waals surface area contributed by atoms with Crippen LogP contribution in [-0.2, 0) is 9.59 Å². The van der Waals surface area contributed by atoms with E-state index in [1.54, 1.807) is 4.90 Å². The minimum absolute atomic E-state index is 0.0348. The minimum Gasteiger partial charge on any atom is -0.347 e. The summed E-state index contributed by atoms with van der Waals surface area (Å²) < 4.78 is 0. The van der Waals surface area contributed by atoms with Gasteiger partial charge in [-0.05, 0) is 18.3 Å². The zero-order valence-corrected chi connectivity index (χ0v) is 11.7. The first-order chi connectivity index (χ1) is 8.28. The van der Waals surface area contributed by atoms with Crippen LogP contribution in [0.4, 0.5) is 0 Å². The van der Waals surface area contributed by atoms with E-state index in [0.717, 1.165) is 19.4 Å². The lowest BCUT2D eigenvalue weighted by Gasteiger charge is -2.31. The number of carbonyl (C=O) groups excluding carboxylic acids is 2. The topological polar surface area (TPSA) is 75.4 Å². The summed E-state index contributed by atoms with van der Waals surface area (Å²) in [5.74, 6) is -0.107. The molecule has 1 atom stereocenters. The Morgan fingerprint density at radius 3 is 2.61 bits per heavy atom. The molecule has 18 heavy (non-hydrogen) atoms.